The van der Waals surface area contributed by atoms with E-state index in [1.165, 1.54) is 12.4 Å². The first-order valence-corrected chi connectivity index (χ1v) is 4.28. The third-order valence-corrected chi connectivity index (χ3v) is 1.73. The summed E-state index contributed by atoms with van der Waals surface area (Å²) in [4.78, 5) is 18.2. The van der Waals surface area contributed by atoms with Crippen LogP contribution < -0.4 is 0 Å². The highest BCUT2D eigenvalue weighted by Crippen LogP contribution is 2.02. The number of rotatable bonds is 4. The van der Waals surface area contributed by atoms with Gasteiger partial charge in [-0.05, 0) is 18.9 Å². The van der Waals surface area contributed by atoms with Gasteiger partial charge in [0.1, 0.15) is 6.33 Å². The minimum absolute atomic E-state index is 0.0705. The second kappa shape index (κ2) is 4.54. The van der Waals surface area contributed by atoms with E-state index in [1.54, 1.807) is 0 Å². The number of hydrogen-bond acceptors (Lipinski definition) is 3. The van der Waals surface area contributed by atoms with Crippen LogP contribution in [0.1, 0.15) is 35.9 Å². The number of carboxylic acids is 1. The number of unbranched alkanes of at least 4 members (excludes halogenated alkanes) is 1. The zero-order valence-corrected chi connectivity index (χ0v) is 7.53. The molecule has 4 heteroatoms. The van der Waals surface area contributed by atoms with Crippen LogP contribution in [0.3, 0.4) is 0 Å². The van der Waals surface area contributed by atoms with Crippen molar-refractivity contribution in [2.24, 2.45) is 0 Å². The predicted octanol–water partition coefficient (Wildman–Crippen LogP) is 1.52. The van der Waals surface area contributed by atoms with Gasteiger partial charge in [0, 0.05) is 5.69 Å². The lowest BCUT2D eigenvalue weighted by atomic mass is 10.2. The molecular weight excluding hydrogens is 168 g/mol. The molecule has 0 unspecified atom stereocenters. The van der Waals surface area contributed by atoms with E-state index in [2.05, 4.69) is 16.9 Å². The predicted molar refractivity (Wildman–Crippen MR) is 47.6 cm³/mol. The minimum atomic E-state index is -1.000. The van der Waals surface area contributed by atoms with Crippen LogP contribution in [0.5, 0.6) is 0 Å². The molecule has 0 saturated heterocycles. The molecule has 0 atom stereocenters. The Morgan fingerprint density at radius 1 is 1.54 bits per heavy atom. The number of carbonyl (C=O) groups is 1. The Bertz CT molecular complexity index is 299. The SMILES string of the molecule is CCCCc1cc(C(=O)O)ncn1. The van der Waals surface area contributed by atoms with E-state index in [1.807, 2.05) is 0 Å². The van der Waals surface area contributed by atoms with Gasteiger partial charge in [0.15, 0.2) is 5.69 Å². The zero-order chi connectivity index (χ0) is 9.68. The van der Waals surface area contributed by atoms with Crippen molar-refractivity contribution in [2.75, 3.05) is 0 Å². The van der Waals surface area contributed by atoms with Gasteiger partial charge in [-0.25, -0.2) is 14.8 Å². The van der Waals surface area contributed by atoms with Crippen LogP contribution in [0, 0.1) is 0 Å². The molecule has 1 aromatic rings. The van der Waals surface area contributed by atoms with Gasteiger partial charge < -0.3 is 5.11 Å². The standard InChI is InChI=1S/C9H12N2O2/c1-2-3-4-7-5-8(9(12)13)11-6-10-7/h5-6H,2-4H2,1H3,(H,12,13). The van der Waals surface area contributed by atoms with Crippen molar-refractivity contribution in [1.29, 1.82) is 0 Å². The normalized spacial score (nSPS) is 9.92. The van der Waals surface area contributed by atoms with Crippen molar-refractivity contribution in [3.8, 4) is 0 Å². The third-order valence-electron chi connectivity index (χ3n) is 1.73. The van der Waals surface area contributed by atoms with Gasteiger partial charge in [-0.15, -0.1) is 0 Å². The molecule has 4 nitrogen and oxygen atoms in total. The van der Waals surface area contributed by atoms with Crippen molar-refractivity contribution in [1.82, 2.24) is 9.97 Å². The van der Waals surface area contributed by atoms with Crippen molar-refractivity contribution in [3.63, 3.8) is 0 Å². The van der Waals surface area contributed by atoms with Crippen molar-refractivity contribution in [2.45, 2.75) is 26.2 Å². The van der Waals surface area contributed by atoms with E-state index >= 15 is 0 Å². The average Bonchev–Trinajstić information content (AvgIpc) is 2.15. The van der Waals surface area contributed by atoms with E-state index in [0.29, 0.717) is 0 Å². The van der Waals surface area contributed by atoms with Gasteiger partial charge in [0.25, 0.3) is 0 Å². The summed E-state index contributed by atoms with van der Waals surface area (Å²) in [6.45, 7) is 2.08. The van der Waals surface area contributed by atoms with Crippen molar-refractivity contribution >= 4 is 5.97 Å². The first-order valence-electron chi connectivity index (χ1n) is 4.28. The molecule has 0 aliphatic heterocycles. The average molecular weight is 180 g/mol. The van der Waals surface area contributed by atoms with Crippen LogP contribution in [0.25, 0.3) is 0 Å². The quantitative estimate of drug-likeness (QED) is 0.763. The fourth-order valence-electron chi connectivity index (χ4n) is 1.01. The van der Waals surface area contributed by atoms with Crippen LogP contribution in [-0.2, 0) is 6.42 Å². The highest BCUT2D eigenvalue weighted by molar-refractivity contribution is 5.85. The molecule has 0 amide bonds. The fourth-order valence-corrected chi connectivity index (χ4v) is 1.01. The van der Waals surface area contributed by atoms with Crippen LogP contribution in [-0.4, -0.2) is 21.0 Å². The summed E-state index contributed by atoms with van der Waals surface area (Å²) in [5.41, 5.74) is 0.871. The lowest BCUT2D eigenvalue weighted by Gasteiger charge is -1.98. The largest absolute Gasteiger partial charge is 0.477 e. The summed E-state index contributed by atoms with van der Waals surface area (Å²) < 4.78 is 0. The molecule has 0 bridgehead atoms. The van der Waals surface area contributed by atoms with Gasteiger partial charge in [-0.3, -0.25) is 0 Å². The molecule has 0 aliphatic carbocycles. The molecule has 0 spiro atoms. The molecule has 0 fully saturated rings. The van der Waals surface area contributed by atoms with Crippen LogP contribution in [0.2, 0.25) is 0 Å². The maximum atomic E-state index is 10.5. The Labute approximate surface area is 76.7 Å². The lowest BCUT2D eigenvalue weighted by molar-refractivity contribution is 0.0690. The summed E-state index contributed by atoms with van der Waals surface area (Å²) in [7, 11) is 0. The Morgan fingerprint density at radius 3 is 2.92 bits per heavy atom. The van der Waals surface area contributed by atoms with E-state index in [-0.39, 0.29) is 5.69 Å². The number of carboxylic acid groups (broad SMARTS) is 1. The van der Waals surface area contributed by atoms with Gasteiger partial charge in [0.2, 0.25) is 0 Å². The third kappa shape index (κ3) is 2.82. The first kappa shape index (κ1) is 9.64. The van der Waals surface area contributed by atoms with Gasteiger partial charge >= 0.3 is 5.97 Å². The summed E-state index contributed by atoms with van der Waals surface area (Å²) in [6.07, 6.45) is 4.22. The number of aryl methyl sites for hydroxylation is 1. The summed E-state index contributed by atoms with van der Waals surface area (Å²) in [6, 6.07) is 1.53. The molecular formula is C9H12N2O2. The van der Waals surface area contributed by atoms with Gasteiger partial charge in [0.05, 0.1) is 0 Å². The topological polar surface area (TPSA) is 63.1 Å². The smallest absolute Gasteiger partial charge is 0.354 e. The van der Waals surface area contributed by atoms with E-state index < -0.39 is 5.97 Å². The number of aromatic nitrogens is 2. The number of hydrogen-bond donors (Lipinski definition) is 1. The van der Waals surface area contributed by atoms with Crippen LogP contribution in [0.4, 0.5) is 0 Å². The molecule has 1 heterocycles. The summed E-state index contributed by atoms with van der Waals surface area (Å²) >= 11 is 0. The molecule has 1 rings (SSSR count). The van der Waals surface area contributed by atoms with E-state index in [4.69, 9.17) is 5.11 Å². The lowest BCUT2D eigenvalue weighted by Crippen LogP contribution is -2.02. The maximum Gasteiger partial charge on any atom is 0.354 e. The molecule has 1 N–H and O–H groups in total. The Hall–Kier alpha value is -1.45. The second-order valence-electron chi connectivity index (χ2n) is 2.80. The highest BCUT2D eigenvalue weighted by atomic mass is 16.4. The summed E-state index contributed by atoms with van der Waals surface area (Å²) in [5.74, 6) is -1.000. The monoisotopic (exact) mass is 180 g/mol. The molecule has 1 aromatic heterocycles. The molecule has 0 aromatic carbocycles. The molecule has 0 saturated carbocycles. The van der Waals surface area contributed by atoms with Crippen LogP contribution >= 0.6 is 0 Å². The Balaban J connectivity index is 2.73. The van der Waals surface area contributed by atoms with E-state index in [0.717, 1.165) is 25.0 Å². The second-order valence-corrected chi connectivity index (χ2v) is 2.80. The molecule has 13 heavy (non-hydrogen) atoms. The summed E-state index contributed by atoms with van der Waals surface area (Å²) in [5, 5.41) is 8.64. The Kier molecular flexibility index (Phi) is 3.37. The fraction of sp³-hybridized carbons (Fsp3) is 0.444. The van der Waals surface area contributed by atoms with Crippen molar-refractivity contribution in [3.05, 3.63) is 23.8 Å². The van der Waals surface area contributed by atoms with Gasteiger partial charge in [-0.1, -0.05) is 13.3 Å². The van der Waals surface area contributed by atoms with E-state index in [9.17, 15) is 4.79 Å². The van der Waals surface area contributed by atoms with Crippen molar-refractivity contribution < 1.29 is 9.90 Å². The highest BCUT2D eigenvalue weighted by Gasteiger charge is 2.04. The van der Waals surface area contributed by atoms with Crippen LogP contribution in [0.15, 0.2) is 12.4 Å². The Morgan fingerprint density at radius 2 is 2.31 bits per heavy atom. The zero-order valence-electron chi connectivity index (χ0n) is 7.53. The van der Waals surface area contributed by atoms with Gasteiger partial charge in [-0.2, -0.15) is 0 Å². The molecule has 0 aliphatic rings. The maximum absolute atomic E-state index is 10.5. The molecule has 0 radical (unpaired) electrons. The first-order chi connectivity index (χ1) is 6.24. The molecule has 70 valence electrons. The number of aromatic carboxylic acids is 1. The number of nitrogens with zero attached hydrogens (tertiary/aromatic N) is 2. The minimum Gasteiger partial charge on any atom is -0.477 e.